The molecule has 3 rings (SSSR count). The molecule has 114 valence electrons. The van der Waals surface area contributed by atoms with Crippen molar-refractivity contribution in [1.82, 2.24) is 4.57 Å². The maximum absolute atomic E-state index is 2.41. The summed E-state index contributed by atoms with van der Waals surface area (Å²) in [6.45, 7) is 11.1. The first kappa shape index (κ1) is 14.9. The average molecular weight is 291 g/mol. The third-order valence-corrected chi connectivity index (χ3v) is 4.59. The quantitative estimate of drug-likeness (QED) is 0.592. The third-order valence-electron chi connectivity index (χ3n) is 4.59. The Labute approximate surface area is 133 Å². The Morgan fingerprint density at radius 3 is 2.64 bits per heavy atom. The number of fused-ring (bicyclic) bond motifs is 3. The summed E-state index contributed by atoms with van der Waals surface area (Å²) in [5.41, 5.74) is 6.94. The lowest BCUT2D eigenvalue weighted by atomic mass is 9.81. The highest BCUT2D eigenvalue weighted by molar-refractivity contribution is 5.92. The van der Waals surface area contributed by atoms with Gasteiger partial charge in [0.2, 0.25) is 0 Å². The molecule has 0 amide bonds. The van der Waals surface area contributed by atoms with Gasteiger partial charge in [-0.2, -0.15) is 0 Å². The van der Waals surface area contributed by atoms with Crippen LogP contribution in [0.4, 0.5) is 0 Å². The van der Waals surface area contributed by atoms with Crippen molar-refractivity contribution in [3.63, 3.8) is 0 Å². The molecule has 0 saturated heterocycles. The van der Waals surface area contributed by atoms with Crippen molar-refractivity contribution in [1.29, 1.82) is 0 Å². The molecule has 1 aliphatic carbocycles. The van der Waals surface area contributed by atoms with Crippen LogP contribution < -0.4 is 0 Å². The zero-order valence-corrected chi connectivity index (χ0v) is 14.3. The van der Waals surface area contributed by atoms with Gasteiger partial charge in [-0.3, -0.25) is 0 Å². The summed E-state index contributed by atoms with van der Waals surface area (Å²) in [7, 11) is 0. The largest absolute Gasteiger partial charge is 0.314 e. The Morgan fingerprint density at radius 2 is 1.91 bits per heavy atom. The molecule has 0 saturated carbocycles. The molecule has 0 bridgehead atoms. The van der Waals surface area contributed by atoms with Gasteiger partial charge in [-0.1, -0.05) is 49.8 Å². The fourth-order valence-electron chi connectivity index (χ4n) is 3.36. The molecule has 1 aromatic carbocycles. The molecule has 0 atom stereocenters. The predicted molar refractivity (Wildman–Crippen MR) is 97.8 cm³/mol. The van der Waals surface area contributed by atoms with Crippen LogP contribution >= 0.6 is 0 Å². The van der Waals surface area contributed by atoms with Gasteiger partial charge < -0.3 is 4.57 Å². The standard InChI is InChI=1S/C21H25N/c1-6-15(2)13-16(3)22-19-10-8-7-9-17(19)18-14-21(4,5)12-11-20(18)22/h6-13H,14H2,1-5H3/b15-6-,16-13+. The molecule has 0 aliphatic heterocycles. The van der Waals surface area contributed by atoms with Gasteiger partial charge in [-0.15, -0.1) is 0 Å². The van der Waals surface area contributed by atoms with Crippen molar-refractivity contribution in [3.05, 3.63) is 59.3 Å². The minimum atomic E-state index is 0.235. The lowest BCUT2D eigenvalue weighted by molar-refractivity contribution is 0.476. The molecule has 0 fully saturated rings. The fourth-order valence-corrected chi connectivity index (χ4v) is 3.36. The molecule has 0 unspecified atom stereocenters. The first-order valence-corrected chi connectivity index (χ1v) is 8.06. The van der Waals surface area contributed by atoms with Crippen LogP contribution in [-0.2, 0) is 6.42 Å². The first-order chi connectivity index (χ1) is 10.4. The Balaban J connectivity index is 2.30. The second kappa shape index (κ2) is 5.31. The Kier molecular flexibility index (Phi) is 3.60. The van der Waals surface area contributed by atoms with Gasteiger partial charge in [0.25, 0.3) is 0 Å². The van der Waals surface area contributed by atoms with Crippen LogP contribution in [0.1, 0.15) is 45.9 Å². The van der Waals surface area contributed by atoms with E-state index in [-0.39, 0.29) is 5.41 Å². The topological polar surface area (TPSA) is 4.93 Å². The minimum Gasteiger partial charge on any atom is -0.314 e. The first-order valence-electron chi connectivity index (χ1n) is 8.06. The van der Waals surface area contributed by atoms with E-state index in [0.717, 1.165) is 6.42 Å². The predicted octanol–water partition coefficient (Wildman–Crippen LogP) is 6.06. The lowest BCUT2D eigenvalue weighted by Crippen LogP contribution is -2.16. The molecule has 2 aromatic rings. The summed E-state index contributed by atoms with van der Waals surface area (Å²) in [4.78, 5) is 0. The smallest absolute Gasteiger partial charge is 0.0534 e. The van der Waals surface area contributed by atoms with E-state index in [0.29, 0.717) is 0 Å². The fraction of sp³-hybridized carbons (Fsp3) is 0.333. The second-order valence-corrected chi connectivity index (χ2v) is 7.03. The van der Waals surface area contributed by atoms with Gasteiger partial charge in [-0.05, 0) is 56.4 Å². The molecular weight excluding hydrogens is 266 g/mol. The van der Waals surface area contributed by atoms with Crippen molar-refractivity contribution < 1.29 is 0 Å². The average Bonchev–Trinajstić information content (AvgIpc) is 2.80. The van der Waals surface area contributed by atoms with Gasteiger partial charge in [0.1, 0.15) is 0 Å². The number of allylic oxidation sites excluding steroid dienone is 5. The molecule has 0 N–H and O–H groups in total. The zero-order valence-electron chi connectivity index (χ0n) is 14.3. The molecule has 22 heavy (non-hydrogen) atoms. The van der Waals surface area contributed by atoms with Crippen LogP contribution in [-0.4, -0.2) is 4.57 Å². The SMILES string of the molecule is C/C=C(C)\C=C(/C)n1c2c(c3ccccc31)CC(C)(C)C=C2. The summed E-state index contributed by atoms with van der Waals surface area (Å²) in [6.07, 6.45) is 10.2. The summed E-state index contributed by atoms with van der Waals surface area (Å²) in [5.74, 6) is 0. The second-order valence-electron chi connectivity index (χ2n) is 7.03. The highest BCUT2D eigenvalue weighted by Gasteiger charge is 2.26. The van der Waals surface area contributed by atoms with Gasteiger partial charge in [0, 0.05) is 16.8 Å². The molecule has 0 spiro atoms. The van der Waals surface area contributed by atoms with Gasteiger partial charge in [0.05, 0.1) is 5.52 Å². The maximum Gasteiger partial charge on any atom is 0.0534 e. The van der Waals surface area contributed by atoms with E-state index < -0.39 is 0 Å². The van der Waals surface area contributed by atoms with Gasteiger partial charge in [0.15, 0.2) is 0 Å². The molecule has 1 heteroatoms. The minimum absolute atomic E-state index is 0.235. The van der Waals surface area contributed by atoms with Crippen LogP contribution in [0.15, 0.2) is 48.1 Å². The number of hydrogen-bond acceptors (Lipinski definition) is 0. The van der Waals surface area contributed by atoms with Crippen LogP contribution in [0.25, 0.3) is 22.7 Å². The number of benzene rings is 1. The molecule has 1 nitrogen and oxygen atoms in total. The van der Waals surface area contributed by atoms with E-state index in [9.17, 15) is 0 Å². The summed E-state index contributed by atoms with van der Waals surface area (Å²) < 4.78 is 2.41. The lowest BCUT2D eigenvalue weighted by Gasteiger charge is -2.25. The highest BCUT2D eigenvalue weighted by Crippen LogP contribution is 2.39. The number of aromatic nitrogens is 1. The van der Waals surface area contributed by atoms with Crippen molar-refractivity contribution >= 4 is 22.7 Å². The molecule has 1 heterocycles. The van der Waals surface area contributed by atoms with Crippen molar-refractivity contribution in [2.24, 2.45) is 5.41 Å². The van der Waals surface area contributed by atoms with E-state index in [1.807, 2.05) is 0 Å². The van der Waals surface area contributed by atoms with Crippen molar-refractivity contribution in [2.45, 2.75) is 41.0 Å². The van der Waals surface area contributed by atoms with E-state index in [2.05, 4.69) is 87.8 Å². The van der Waals surface area contributed by atoms with Gasteiger partial charge >= 0.3 is 0 Å². The van der Waals surface area contributed by atoms with E-state index in [1.165, 1.54) is 33.4 Å². The maximum atomic E-state index is 2.41. The van der Waals surface area contributed by atoms with E-state index in [1.54, 1.807) is 0 Å². The number of para-hydroxylation sites is 1. The number of rotatable bonds is 2. The zero-order chi connectivity index (χ0) is 15.9. The summed E-state index contributed by atoms with van der Waals surface area (Å²) in [6, 6.07) is 8.77. The molecule has 1 aromatic heterocycles. The normalized spacial score (nSPS) is 17.9. The third kappa shape index (κ3) is 2.45. The summed E-state index contributed by atoms with van der Waals surface area (Å²) in [5, 5.41) is 1.39. The van der Waals surface area contributed by atoms with E-state index in [4.69, 9.17) is 0 Å². The van der Waals surface area contributed by atoms with Crippen molar-refractivity contribution in [2.75, 3.05) is 0 Å². The molecule has 0 radical (unpaired) electrons. The Hall–Kier alpha value is -2.02. The van der Waals surface area contributed by atoms with Crippen molar-refractivity contribution in [3.8, 4) is 0 Å². The number of hydrogen-bond donors (Lipinski definition) is 0. The van der Waals surface area contributed by atoms with E-state index >= 15 is 0 Å². The molecular formula is C21H25N. The van der Waals surface area contributed by atoms with Crippen LogP contribution in [0, 0.1) is 5.41 Å². The van der Waals surface area contributed by atoms with Crippen LogP contribution in [0.5, 0.6) is 0 Å². The summed E-state index contributed by atoms with van der Waals surface area (Å²) >= 11 is 0. The Morgan fingerprint density at radius 1 is 1.18 bits per heavy atom. The molecule has 1 aliphatic rings. The van der Waals surface area contributed by atoms with Crippen LogP contribution in [0.3, 0.4) is 0 Å². The van der Waals surface area contributed by atoms with Crippen LogP contribution in [0.2, 0.25) is 0 Å². The monoisotopic (exact) mass is 291 g/mol. The van der Waals surface area contributed by atoms with Gasteiger partial charge in [-0.25, -0.2) is 0 Å². The number of nitrogens with zero attached hydrogens (tertiary/aromatic N) is 1. The highest BCUT2D eigenvalue weighted by atomic mass is 15.0. The Bertz CT molecular complexity index is 810.